The molecule has 1 N–H and O–H groups in total. The summed E-state index contributed by atoms with van der Waals surface area (Å²) < 4.78 is 0. The minimum Gasteiger partial charge on any atom is -0.334 e. The first kappa shape index (κ1) is 17.2. The van der Waals surface area contributed by atoms with E-state index in [0.717, 1.165) is 31.5 Å². The third kappa shape index (κ3) is 6.65. The Balaban J connectivity index is 0.000000741. The first-order valence-corrected chi connectivity index (χ1v) is 6.93. The summed E-state index contributed by atoms with van der Waals surface area (Å²) >= 11 is 0. The maximum Gasteiger partial charge on any atom is 0.317 e. The van der Waals surface area contributed by atoms with Gasteiger partial charge in [0.25, 0.3) is 0 Å². The fourth-order valence-electron chi connectivity index (χ4n) is 1.81. The van der Waals surface area contributed by atoms with E-state index in [1.165, 1.54) is 0 Å². The van der Waals surface area contributed by atoms with Crippen LogP contribution in [-0.2, 0) is 6.54 Å². The van der Waals surface area contributed by atoms with Crippen LogP contribution in [0.1, 0.15) is 32.3 Å². The van der Waals surface area contributed by atoms with Crippen molar-refractivity contribution in [3.05, 3.63) is 49.1 Å². The number of carbonyl (C=O) groups excluding carboxylic acids is 1. The lowest BCUT2D eigenvalue weighted by molar-refractivity contribution is 0.208. The second kappa shape index (κ2) is 11.3. The summed E-state index contributed by atoms with van der Waals surface area (Å²) in [5, 5.41) is 2.93. The Morgan fingerprint density at radius 2 is 1.68 bits per heavy atom. The molecule has 0 atom stereocenters. The average Bonchev–Trinajstić information content (AvgIpc) is 3.04. The Morgan fingerprint density at radius 1 is 1.16 bits per heavy atom. The Labute approximate surface area is 117 Å². The van der Waals surface area contributed by atoms with Crippen molar-refractivity contribution in [3.63, 3.8) is 0 Å². The number of amides is 2. The van der Waals surface area contributed by atoms with E-state index in [0.29, 0.717) is 6.54 Å². The molecular weight excluding hydrogens is 236 g/mol. The molecule has 2 rings (SSSR count). The van der Waals surface area contributed by atoms with Crippen molar-refractivity contribution in [3.8, 4) is 0 Å². The molecule has 1 fully saturated rings. The number of carbonyl (C=O) groups is 1. The van der Waals surface area contributed by atoms with Gasteiger partial charge in [0, 0.05) is 19.6 Å². The third-order valence-electron chi connectivity index (χ3n) is 2.68. The molecule has 0 saturated carbocycles. The molecule has 1 saturated heterocycles. The summed E-state index contributed by atoms with van der Waals surface area (Å²) in [6.07, 6.45) is 2.28. The monoisotopic (exact) mass is 262 g/mol. The van der Waals surface area contributed by atoms with Crippen LogP contribution in [0.4, 0.5) is 4.79 Å². The molecular formula is C16H26N2O. The Bertz CT molecular complexity index is 332. The van der Waals surface area contributed by atoms with Crippen LogP contribution in [-0.4, -0.2) is 24.0 Å². The Kier molecular flexibility index (Phi) is 10.3. The number of likely N-dealkylation sites (tertiary alicyclic amines) is 1. The lowest BCUT2D eigenvalue weighted by Crippen LogP contribution is -2.37. The zero-order valence-corrected chi connectivity index (χ0v) is 12.2. The SMILES string of the molecule is C=C.CC.O=C(NCc1ccccc1)N1CCCC1. The summed E-state index contributed by atoms with van der Waals surface area (Å²) in [6.45, 7) is 12.4. The first-order chi connectivity index (χ1) is 9.36. The van der Waals surface area contributed by atoms with Gasteiger partial charge in [0.05, 0.1) is 0 Å². The number of benzene rings is 1. The van der Waals surface area contributed by atoms with Gasteiger partial charge in [0.2, 0.25) is 0 Å². The summed E-state index contributed by atoms with van der Waals surface area (Å²) in [5.74, 6) is 0. The minimum absolute atomic E-state index is 0.0661. The molecule has 1 aromatic carbocycles. The first-order valence-electron chi connectivity index (χ1n) is 6.93. The smallest absolute Gasteiger partial charge is 0.317 e. The maximum absolute atomic E-state index is 11.6. The van der Waals surface area contributed by atoms with Crippen LogP contribution < -0.4 is 5.32 Å². The second-order valence-corrected chi connectivity index (χ2v) is 3.84. The lowest BCUT2D eigenvalue weighted by atomic mass is 10.2. The van der Waals surface area contributed by atoms with Crippen LogP contribution in [0.15, 0.2) is 43.5 Å². The summed E-state index contributed by atoms with van der Waals surface area (Å²) in [6, 6.07) is 10.0. The van der Waals surface area contributed by atoms with E-state index >= 15 is 0 Å². The number of rotatable bonds is 2. The lowest BCUT2D eigenvalue weighted by Gasteiger charge is -2.16. The van der Waals surface area contributed by atoms with Crippen molar-refractivity contribution in [1.82, 2.24) is 10.2 Å². The molecule has 0 radical (unpaired) electrons. The van der Waals surface area contributed by atoms with Gasteiger partial charge in [-0.1, -0.05) is 44.2 Å². The molecule has 3 nitrogen and oxygen atoms in total. The molecule has 0 bridgehead atoms. The molecule has 0 aromatic heterocycles. The molecule has 1 aliphatic rings. The van der Waals surface area contributed by atoms with Crippen LogP contribution in [0.3, 0.4) is 0 Å². The van der Waals surface area contributed by atoms with Crippen LogP contribution >= 0.6 is 0 Å². The zero-order chi connectivity index (χ0) is 14.5. The summed E-state index contributed by atoms with van der Waals surface area (Å²) in [4.78, 5) is 13.5. The molecule has 0 aliphatic carbocycles. The predicted octanol–water partition coefficient (Wildman–Crippen LogP) is 3.82. The fourth-order valence-corrected chi connectivity index (χ4v) is 1.81. The van der Waals surface area contributed by atoms with Gasteiger partial charge in [-0.2, -0.15) is 0 Å². The van der Waals surface area contributed by atoms with Crippen molar-refractivity contribution in [2.75, 3.05) is 13.1 Å². The Morgan fingerprint density at radius 3 is 2.21 bits per heavy atom. The predicted molar refractivity (Wildman–Crippen MR) is 82.1 cm³/mol. The van der Waals surface area contributed by atoms with E-state index in [1.54, 1.807) is 0 Å². The highest BCUT2D eigenvalue weighted by Crippen LogP contribution is 2.07. The molecule has 106 valence electrons. The number of nitrogens with zero attached hydrogens (tertiary/aromatic N) is 1. The molecule has 1 heterocycles. The third-order valence-corrected chi connectivity index (χ3v) is 2.68. The minimum atomic E-state index is 0.0661. The maximum atomic E-state index is 11.6. The van der Waals surface area contributed by atoms with E-state index in [9.17, 15) is 4.79 Å². The van der Waals surface area contributed by atoms with Crippen molar-refractivity contribution in [1.29, 1.82) is 0 Å². The molecule has 3 heteroatoms. The van der Waals surface area contributed by atoms with Crippen LogP contribution in [0.25, 0.3) is 0 Å². The van der Waals surface area contributed by atoms with Gasteiger partial charge < -0.3 is 10.2 Å². The average molecular weight is 262 g/mol. The highest BCUT2D eigenvalue weighted by Gasteiger charge is 2.16. The molecule has 0 spiro atoms. The molecule has 1 aliphatic heterocycles. The largest absolute Gasteiger partial charge is 0.334 e. The Hall–Kier alpha value is -1.77. The topological polar surface area (TPSA) is 32.3 Å². The van der Waals surface area contributed by atoms with E-state index < -0.39 is 0 Å². The van der Waals surface area contributed by atoms with Crippen molar-refractivity contribution in [2.24, 2.45) is 0 Å². The standard InChI is InChI=1S/C12H16N2O.C2H6.C2H4/c15-12(14-8-4-5-9-14)13-10-11-6-2-1-3-7-11;2*1-2/h1-3,6-7H,4-5,8-10H2,(H,13,15);1-2H3;1-2H2. The van der Waals surface area contributed by atoms with Gasteiger partial charge in [-0.05, 0) is 18.4 Å². The van der Waals surface area contributed by atoms with Gasteiger partial charge in [-0.3, -0.25) is 0 Å². The quantitative estimate of drug-likeness (QED) is 0.807. The number of urea groups is 1. The number of hydrogen-bond acceptors (Lipinski definition) is 1. The van der Waals surface area contributed by atoms with Gasteiger partial charge in [0.15, 0.2) is 0 Å². The van der Waals surface area contributed by atoms with Gasteiger partial charge in [0.1, 0.15) is 0 Å². The van der Waals surface area contributed by atoms with Crippen LogP contribution in [0, 0.1) is 0 Å². The fraction of sp³-hybridized carbons (Fsp3) is 0.438. The number of nitrogens with one attached hydrogen (secondary N) is 1. The molecule has 1 aromatic rings. The van der Waals surface area contributed by atoms with E-state index in [-0.39, 0.29) is 6.03 Å². The normalized spacial score (nSPS) is 12.6. The van der Waals surface area contributed by atoms with Crippen molar-refractivity contribution >= 4 is 6.03 Å². The zero-order valence-electron chi connectivity index (χ0n) is 12.2. The molecule has 19 heavy (non-hydrogen) atoms. The van der Waals surface area contributed by atoms with Crippen molar-refractivity contribution in [2.45, 2.75) is 33.2 Å². The summed E-state index contributed by atoms with van der Waals surface area (Å²) in [5.41, 5.74) is 1.14. The molecule has 0 unspecified atom stereocenters. The van der Waals surface area contributed by atoms with Crippen molar-refractivity contribution < 1.29 is 4.79 Å². The van der Waals surface area contributed by atoms with Gasteiger partial charge >= 0.3 is 6.03 Å². The molecule has 2 amide bonds. The number of hydrogen-bond donors (Lipinski definition) is 1. The second-order valence-electron chi connectivity index (χ2n) is 3.84. The van der Waals surface area contributed by atoms with Crippen LogP contribution in [0.2, 0.25) is 0 Å². The highest BCUT2D eigenvalue weighted by atomic mass is 16.2. The highest BCUT2D eigenvalue weighted by molar-refractivity contribution is 5.74. The van der Waals surface area contributed by atoms with E-state index in [4.69, 9.17) is 0 Å². The van der Waals surface area contributed by atoms with Gasteiger partial charge in [-0.25, -0.2) is 4.79 Å². The van der Waals surface area contributed by atoms with E-state index in [1.807, 2.05) is 49.1 Å². The van der Waals surface area contributed by atoms with Gasteiger partial charge in [-0.15, -0.1) is 13.2 Å². The summed E-state index contributed by atoms with van der Waals surface area (Å²) in [7, 11) is 0. The van der Waals surface area contributed by atoms with E-state index in [2.05, 4.69) is 18.5 Å². The van der Waals surface area contributed by atoms with Crippen LogP contribution in [0.5, 0.6) is 0 Å².